The van der Waals surface area contributed by atoms with Gasteiger partial charge in [-0.1, -0.05) is 57.2 Å². The van der Waals surface area contributed by atoms with Gasteiger partial charge in [-0.3, -0.25) is 4.79 Å². The summed E-state index contributed by atoms with van der Waals surface area (Å²) in [6.07, 6.45) is 11.7. The second-order valence-corrected chi connectivity index (χ2v) is 5.84. The molecule has 19 heavy (non-hydrogen) atoms. The lowest BCUT2D eigenvalue weighted by Crippen LogP contribution is -2.13. The number of rotatable bonds is 7. The van der Waals surface area contributed by atoms with E-state index >= 15 is 0 Å². The molecule has 0 spiro atoms. The molecule has 1 heteroatoms. The number of unbranched alkanes of at least 4 members (excludes halogenated alkanes) is 5. The summed E-state index contributed by atoms with van der Waals surface area (Å²) in [7, 11) is 0. The highest BCUT2D eigenvalue weighted by Gasteiger charge is 2.15. The van der Waals surface area contributed by atoms with Crippen molar-refractivity contribution in [1.82, 2.24) is 0 Å². The first-order valence-corrected chi connectivity index (χ1v) is 7.92. The zero-order valence-electron chi connectivity index (χ0n) is 12.2. The van der Waals surface area contributed by atoms with Gasteiger partial charge in [0.2, 0.25) is 0 Å². The molecule has 1 aromatic rings. The van der Waals surface area contributed by atoms with Gasteiger partial charge < -0.3 is 0 Å². The van der Waals surface area contributed by atoms with Crippen LogP contribution in [0.3, 0.4) is 0 Å². The highest BCUT2D eigenvalue weighted by Crippen LogP contribution is 2.21. The minimum Gasteiger partial charge on any atom is -0.299 e. The molecule has 0 radical (unpaired) electrons. The van der Waals surface area contributed by atoms with Crippen LogP contribution in [0.4, 0.5) is 0 Å². The summed E-state index contributed by atoms with van der Waals surface area (Å²) in [5.74, 6) is 0.399. The predicted molar refractivity (Wildman–Crippen MR) is 80.6 cm³/mol. The van der Waals surface area contributed by atoms with Crippen LogP contribution in [-0.4, -0.2) is 5.78 Å². The molecule has 0 aliphatic heterocycles. The Kier molecular flexibility index (Phi) is 5.62. The normalized spacial score (nSPS) is 14.5. The first-order chi connectivity index (χ1) is 9.29. The van der Waals surface area contributed by atoms with Crippen molar-refractivity contribution in [2.45, 2.75) is 71.1 Å². The number of carbonyl (C=O) groups excluding carboxylic acids is 1. The molecule has 104 valence electrons. The number of Topliss-reactive ketones (excluding diaryl/α,β-unsaturated/α-hetero) is 1. The molecule has 1 nitrogen and oxygen atoms in total. The smallest absolute Gasteiger partial charge is 0.137 e. The summed E-state index contributed by atoms with van der Waals surface area (Å²) in [4.78, 5) is 11.4. The Balaban J connectivity index is 1.77. The van der Waals surface area contributed by atoms with Gasteiger partial charge >= 0.3 is 0 Å². The van der Waals surface area contributed by atoms with Crippen LogP contribution < -0.4 is 0 Å². The number of fused-ring (bicyclic) bond motifs is 1. The van der Waals surface area contributed by atoms with Crippen LogP contribution >= 0.6 is 0 Å². The van der Waals surface area contributed by atoms with E-state index in [0.717, 1.165) is 12.8 Å². The topological polar surface area (TPSA) is 17.1 Å². The molecular formula is C18H26O. The molecule has 2 rings (SSSR count). The molecule has 0 unspecified atom stereocenters. The van der Waals surface area contributed by atoms with Crippen LogP contribution in [0.5, 0.6) is 0 Å². The fraction of sp³-hybridized carbons (Fsp3) is 0.611. The molecule has 1 aromatic carbocycles. The third-order valence-electron chi connectivity index (χ3n) is 4.15. The molecule has 0 heterocycles. The number of hydrogen-bond donors (Lipinski definition) is 0. The first-order valence-electron chi connectivity index (χ1n) is 7.92. The molecule has 0 saturated heterocycles. The number of aryl methyl sites for hydroxylation is 2. The monoisotopic (exact) mass is 258 g/mol. The minimum atomic E-state index is 0.399. The molecule has 1 aliphatic rings. The van der Waals surface area contributed by atoms with Crippen molar-refractivity contribution in [3.63, 3.8) is 0 Å². The maximum absolute atomic E-state index is 11.4. The molecule has 0 amide bonds. The van der Waals surface area contributed by atoms with Crippen LogP contribution in [-0.2, 0) is 24.1 Å². The van der Waals surface area contributed by atoms with Gasteiger partial charge in [-0.25, -0.2) is 0 Å². The van der Waals surface area contributed by atoms with Crippen molar-refractivity contribution in [3.05, 3.63) is 34.9 Å². The van der Waals surface area contributed by atoms with Crippen LogP contribution in [0.2, 0.25) is 0 Å². The Bertz CT molecular complexity index is 420. The van der Waals surface area contributed by atoms with Gasteiger partial charge in [-0.2, -0.15) is 0 Å². The van der Waals surface area contributed by atoms with Crippen molar-refractivity contribution < 1.29 is 4.79 Å². The van der Waals surface area contributed by atoms with Gasteiger partial charge in [0, 0.05) is 12.8 Å². The highest BCUT2D eigenvalue weighted by molar-refractivity contribution is 5.83. The Morgan fingerprint density at radius 3 is 2.58 bits per heavy atom. The zero-order valence-corrected chi connectivity index (χ0v) is 12.2. The summed E-state index contributed by atoms with van der Waals surface area (Å²) in [5.41, 5.74) is 4.15. The van der Waals surface area contributed by atoms with Crippen LogP contribution in [0.15, 0.2) is 18.2 Å². The van der Waals surface area contributed by atoms with Gasteiger partial charge in [0.25, 0.3) is 0 Å². The van der Waals surface area contributed by atoms with Crippen molar-refractivity contribution >= 4 is 5.78 Å². The largest absolute Gasteiger partial charge is 0.299 e. The maximum Gasteiger partial charge on any atom is 0.137 e. The van der Waals surface area contributed by atoms with E-state index in [9.17, 15) is 4.79 Å². The third kappa shape index (κ3) is 4.49. The second kappa shape index (κ2) is 7.47. The Hall–Kier alpha value is -1.11. The van der Waals surface area contributed by atoms with Gasteiger partial charge in [0.05, 0.1) is 0 Å². The fourth-order valence-corrected chi connectivity index (χ4v) is 2.92. The molecule has 1 aliphatic carbocycles. The molecule has 0 atom stereocenters. The van der Waals surface area contributed by atoms with Gasteiger partial charge in [0.1, 0.15) is 5.78 Å². The van der Waals surface area contributed by atoms with Crippen LogP contribution in [0, 0.1) is 0 Å². The van der Waals surface area contributed by atoms with Gasteiger partial charge in [-0.05, 0) is 36.0 Å². The standard InChI is InChI=1S/C18H26O/c1-2-3-4-5-6-7-8-15-9-10-17-14-18(19)12-11-16(17)13-15/h9-10,13H,2-8,11-12,14H2,1H3. The van der Waals surface area contributed by atoms with Crippen molar-refractivity contribution in [2.75, 3.05) is 0 Å². The summed E-state index contributed by atoms with van der Waals surface area (Å²) in [6, 6.07) is 6.75. The van der Waals surface area contributed by atoms with Crippen LogP contribution in [0.25, 0.3) is 0 Å². The van der Waals surface area contributed by atoms with E-state index in [-0.39, 0.29) is 0 Å². The van der Waals surface area contributed by atoms with E-state index in [1.54, 1.807) is 0 Å². The highest BCUT2D eigenvalue weighted by atomic mass is 16.1. The Morgan fingerprint density at radius 2 is 1.74 bits per heavy atom. The summed E-state index contributed by atoms with van der Waals surface area (Å²) >= 11 is 0. The number of carbonyl (C=O) groups is 1. The average molecular weight is 258 g/mol. The number of hydrogen-bond acceptors (Lipinski definition) is 1. The van der Waals surface area contributed by atoms with Crippen molar-refractivity contribution in [1.29, 1.82) is 0 Å². The molecular weight excluding hydrogens is 232 g/mol. The van der Waals surface area contributed by atoms with Crippen molar-refractivity contribution in [3.8, 4) is 0 Å². The number of ketones is 1. The molecule has 0 bridgehead atoms. The predicted octanol–water partition coefficient (Wildman–Crippen LogP) is 4.65. The van der Waals surface area contributed by atoms with Crippen molar-refractivity contribution in [2.24, 2.45) is 0 Å². The lowest BCUT2D eigenvalue weighted by atomic mass is 9.89. The summed E-state index contributed by atoms with van der Waals surface area (Å²) < 4.78 is 0. The summed E-state index contributed by atoms with van der Waals surface area (Å²) in [5, 5.41) is 0. The molecule has 0 saturated carbocycles. The van der Waals surface area contributed by atoms with E-state index < -0.39 is 0 Å². The molecule has 0 aromatic heterocycles. The summed E-state index contributed by atoms with van der Waals surface area (Å²) in [6.45, 7) is 2.26. The first kappa shape index (κ1) is 14.3. The Morgan fingerprint density at radius 1 is 0.947 bits per heavy atom. The van der Waals surface area contributed by atoms with E-state index in [0.29, 0.717) is 12.2 Å². The minimum absolute atomic E-state index is 0.399. The quantitative estimate of drug-likeness (QED) is 0.651. The SMILES string of the molecule is CCCCCCCCc1ccc2c(c1)CCC(=O)C2. The lowest BCUT2D eigenvalue weighted by molar-refractivity contribution is -0.118. The molecule has 0 N–H and O–H groups in total. The third-order valence-corrected chi connectivity index (χ3v) is 4.15. The maximum atomic E-state index is 11.4. The van der Waals surface area contributed by atoms with E-state index in [1.807, 2.05) is 0 Å². The van der Waals surface area contributed by atoms with Gasteiger partial charge in [-0.15, -0.1) is 0 Å². The Labute approximate surface area is 117 Å². The van der Waals surface area contributed by atoms with Gasteiger partial charge in [0.15, 0.2) is 0 Å². The number of benzene rings is 1. The van der Waals surface area contributed by atoms with Crippen LogP contribution in [0.1, 0.15) is 68.6 Å². The van der Waals surface area contributed by atoms with E-state index in [4.69, 9.17) is 0 Å². The average Bonchev–Trinajstić information content (AvgIpc) is 2.43. The molecule has 0 fully saturated rings. The second-order valence-electron chi connectivity index (χ2n) is 5.84. The van der Waals surface area contributed by atoms with E-state index in [1.165, 1.54) is 61.6 Å². The fourth-order valence-electron chi connectivity index (χ4n) is 2.92. The lowest BCUT2D eigenvalue weighted by Gasteiger charge is -2.16. The van der Waals surface area contributed by atoms with E-state index in [2.05, 4.69) is 25.1 Å². The zero-order chi connectivity index (χ0) is 13.5.